The lowest BCUT2D eigenvalue weighted by Crippen LogP contribution is -2.46. The second-order valence-electron chi connectivity index (χ2n) is 4.96. The quantitative estimate of drug-likeness (QED) is 0.294. The average molecular weight is 443 g/mol. The molecule has 1 rings (SSSR count). The van der Waals surface area contributed by atoms with E-state index in [-0.39, 0.29) is 29.6 Å². The maximum absolute atomic E-state index is 5.95. The van der Waals surface area contributed by atoms with E-state index in [1.54, 1.807) is 32.5 Å². The summed E-state index contributed by atoms with van der Waals surface area (Å²) in [5.41, 5.74) is -0.254. The van der Waals surface area contributed by atoms with E-state index in [0.29, 0.717) is 36.6 Å². The van der Waals surface area contributed by atoms with Gasteiger partial charge in [-0.15, -0.1) is 24.0 Å². The van der Waals surface area contributed by atoms with Gasteiger partial charge in [-0.1, -0.05) is 11.6 Å². The number of guanidine groups is 1. The zero-order valence-corrected chi connectivity index (χ0v) is 16.4. The van der Waals surface area contributed by atoms with Crippen LogP contribution in [0.5, 0.6) is 5.88 Å². The lowest BCUT2D eigenvalue weighted by atomic mass is 10.1. The lowest BCUT2D eigenvalue weighted by Gasteiger charge is -2.24. The second-order valence-corrected chi connectivity index (χ2v) is 5.36. The highest BCUT2D eigenvalue weighted by atomic mass is 127. The molecule has 0 saturated heterocycles. The van der Waals surface area contributed by atoms with Gasteiger partial charge in [0.2, 0.25) is 5.88 Å². The Morgan fingerprint density at radius 2 is 2.14 bits per heavy atom. The van der Waals surface area contributed by atoms with E-state index >= 15 is 0 Å². The zero-order chi connectivity index (χ0) is 15.7. The molecule has 0 aliphatic carbocycles. The summed E-state index contributed by atoms with van der Waals surface area (Å²) in [5.74, 6) is 1.13. The van der Waals surface area contributed by atoms with Crippen molar-refractivity contribution in [2.75, 3.05) is 33.9 Å². The number of rotatable bonds is 7. The SMILES string of the molecule is CN=C(NCCOc1ncccc1Cl)NCC(C)(C)OC.I. The normalized spacial score (nSPS) is 11.6. The van der Waals surface area contributed by atoms with Crippen molar-refractivity contribution in [2.24, 2.45) is 4.99 Å². The molecule has 22 heavy (non-hydrogen) atoms. The van der Waals surface area contributed by atoms with Gasteiger partial charge in [-0.25, -0.2) is 4.98 Å². The Kier molecular flexibility index (Phi) is 10.5. The summed E-state index contributed by atoms with van der Waals surface area (Å²) < 4.78 is 10.8. The number of aliphatic imine (C=N–C) groups is 1. The molecule has 1 heterocycles. The van der Waals surface area contributed by atoms with Gasteiger partial charge < -0.3 is 20.1 Å². The Labute approximate surface area is 154 Å². The molecule has 0 saturated carbocycles. The Morgan fingerprint density at radius 1 is 1.41 bits per heavy atom. The van der Waals surface area contributed by atoms with Crippen molar-refractivity contribution >= 4 is 41.5 Å². The largest absolute Gasteiger partial charge is 0.475 e. The summed E-state index contributed by atoms with van der Waals surface area (Å²) in [6.07, 6.45) is 1.64. The van der Waals surface area contributed by atoms with Crippen molar-refractivity contribution in [3.05, 3.63) is 23.4 Å². The Hall–Kier alpha value is -0.800. The van der Waals surface area contributed by atoms with Crippen molar-refractivity contribution in [1.29, 1.82) is 0 Å². The molecule has 0 radical (unpaired) electrons. The van der Waals surface area contributed by atoms with E-state index < -0.39 is 0 Å². The van der Waals surface area contributed by atoms with Crippen LogP contribution in [-0.4, -0.2) is 50.4 Å². The number of methoxy groups -OCH3 is 1. The van der Waals surface area contributed by atoms with Gasteiger partial charge in [0.1, 0.15) is 11.6 Å². The highest BCUT2D eigenvalue weighted by Gasteiger charge is 2.16. The molecule has 0 amide bonds. The number of aromatic nitrogens is 1. The number of nitrogens with one attached hydrogen (secondary N) is 2. The van der Waals surface area contributed by atoms with Gasteiger partial charge in [-0.05, 0) is 26.0 Å². The van der Waals surface area contributed by atoms with Crippen molar-refractivity contribution < 1.29 is 9.47 Å². The maximum Gasteiger partial charge on any atom is 0.232 e. The molecule has 126 valence electrons. The zero-order valence-electron chi connectivity index (χ0n) is 13.4. The van der Waals surface area contributed by atoms with Crippen LogP contribution >= 0.6 is 35.6 Å². The van der Waals surface area contributed by atoms with Crippen LogP contribution in [0, 0.1) is 0 Å². The van der Waals surface area contributed by atoms with Gasteiger partial charge in [-0.2, -0.15) is 0 Å². The monoisotopic (exact) mass is 442 g/mol. The van der Waals surface area contributed by atoms with Gasteiger partial charge >= 0.3 is 0 Å². The maximum atomic E-state index is 5.95. The molecule has 0 unspecified atom stereocenters. The molecule has 0 bridgehead atoms. The topological polar surface area (TPSA) is 67.8 Å². The summed E-state index contributed by atoms with van der Waals surface area (Å²) in [4.78, 5) is 8.18. The van der Waals surface area contributed by atoms with E-state index in [4.69, 9.17) is 21.1 Å². The minimum Gasteiger partial charge on any atom is -0.475 e. The predicted molar refractivity (Wildman–Crippen MR) is 101 cm³/mol. The molecule has 1 aromatic heterocycles. The molecule has 8 heteroatoms. The fourth-order valence-corrected chi connectivity index (χ4v) is 1.56. The van der Waals surface area contributed by atoms with Crippen molar-refractivity contribution in [1.82, 2.24) is 15.6 Å². The first-order valence-corrected chi connectivity index (χ1v) is 7.09. The van der Waals surface area contributed by atoms with Crippen LogP contribution in [-0.2, 0) is 4.74 Å². The molecular formula is C14H24ClIN4O2. The van der Waals surface area contributed by atoms with Gasteiger partial charge in [0.05, 0.1) is 12.1 Å². The average Bonchev–Trinajstić information content (AvgIpc) is 2.48. The third-order valence-corrected chi connectivity index (χ3v) is 3.10. The number of halogens is 2. The summed E-state index contributed by atoms with van der Waals surface area (Å²) in [6, 6.07) is 3.50. The van der Waals surface area contributed by atoms with E-state index in [0.717, 1.165) is 0 Å². The van der Waals surface area contributed by atoms with Crippen molar-refractivity contribution in [2.45, 2.75) is 19.4 Å². The highest BCUT2D eigenvalue weighted by Crippen LogP contribution is 2.19. The number of ether oxygens (including phenoxy) is 2. The molecule has 0 spiro atoms. The van der Waals surface area contributed by atoms with Crippen LogP contribution in [0.25, 0.3) is 0 Å². The first-order chi connectivity index (χ1) is 9.98. The number of pyridine rings is 1. The first kappa shape index (κ1) is 21.2. The van der Waals surface area contributed by atoms with Crippen LogP contribution < -0.4 is 15.4 Å². The second kappa shape index (κ2) is 10.8. The standard InChI is InChI=1S/C14H23ClN4O2.HI/c1-14(2,20-4)10-19-13(16-3)18-8-9-21-12-11(15)6-5-7-17-12;/h5-7H,8-10H2,1-4H3,(H2,16,18,19);1H. The Morgan fingerprint density at radius 3 is 2.73 bits per heavy atom. The minimum absolute atomic E-state index is 0. The molecule has 1 aromatic rings. The summed E-state index contributed by atoms with van der Waals surface area (Å²) in [6.45, 7) is 5.67. The number of hydrogen-bond acceptors (Lipinski definition) is 4. The molecule has 6 nitrogen and oxygen atoms in total. The third kappa shape index (κ3) is 8.00. The molecule has 0 aliphatic heterocycles. The third-order valence-electron chi connectivity index (χ3n) is 2.82. The minimum atomic E-state index is -0.254. The predicted octanol–water partition coefficient (Wildman–Crippen LogP) is 2.32. The van der Waals surface area contributed by atoms with Crippen molar-refractivity contribution in [3.63, 3.8) is 0 Å². The van der Waals surface area contributed by atoms with E-state index in [1.807, 2.05) is 13.8 Å². The summed E-state index contributed by atoms with van der Waals surface area (Å²) >= 11 is 5.95. The Bertz CT molecular complexity index is 472. The van der Waals surface area contributed by atoms with E-state index in [1.165, 1.54) is 0 Å². The highest BCUT2D eigenvalue weighted by molar-refractivity contribution is 14.0. The van der Waals surface area contributed by atoms with Crippen LogP contribution in [0.4, 0.5) is 0 Å². The van der Waals surface area contributed by atoms with E-state index in [2.05, 4.69) is 20.6 Å². The van der Waals surface area contributed by atoms with Gasteiger partial charge in [-0.3, -0.25) is 4.99 Å². The molecule has 2 N–H and O–H groups in total. The summed E-state index contributed by atoms with van der Waals surface area (Å²) in [5, 5.41) is 6.83. The van der Waals surface area contributed by atoms with Crippen LogP contribution in [0.3, 0.4) is 0 Å². The van der Waals surface area contributed by atoms with Crippen LogP contribution in [0.15, 0.2) is 23.3 Å². The fourth-order valence-electron chi connectivity index (χ4n) is 1.38. The van der Waals surface area contributed by atoms with Gasteiger partial charge in [0.25, 0.3) is 0 Å². The molecule has 0 aromatic carbocycles. The number of hydrogen-bond donors (Lipinski definition) is 2. The molecule has 0 atom stereocenters. The first-order valence-electron chi connectivity index (χ1n) is 6.71. The van der Waals surface area contributed by atoms with Gasteiger partial charge in [0, 0.05) is 26.9 Å². The lowest BCUT2D eigenvalue weighted by molar-refractivity contribution is 0.0268. The Balaban J connectivity index is 0.00000441. The molecule has 0 aliphatic rings. The molecule has 0 fully saturated rings. The fraction of sp³-hybridized carbons (Fsp3) is 0.571. The molecular weight excluding hydrogens is 419 g/mol. The van der Waals surface area contributed by atoms with Crippen LogP contribution in [0.1, 0.15) is 13.8 Å². The van der Waals surface area contributed by atoms with Crippen LogP contribution in [0.2, 0.25) is 5.02 Å². The summed E-state index contributed by atoms with van der Waals surface area (Å²) in [7, 11) is 3.40. The number of nitrogens with zero attached hydrogens (tertiary/aromatic N) is 2. The van der Waals surface area contributed by atoms with Crippen molar-refractivity contribution in [3.8, 4) is 5.88 Å². The smallest absolute Gasteiger partial charge is 0.232 e. The van der Waals surface area contributed by atoms with E-state index in [9.17, 15) is 0 Å². The van der Waals surface area contributed by atoms with Gasteiger partial charge in [0.15, 0.2) is 5.96 Å².